The van der Waals surface area contributed by atoms with Crippen LogP contribution in [0.5, 0.6) is 0 Å². The van der Waals surface area contributed by atoms with Crippen LogP contribution in [0.2, 0.25) is 0 Å². The summed E-state index contributed by atoms with van der Waals surface area (Å²) in [7, 11) is -1.85. The summed E-state index contributed by atoms with van der Waals surface area (Å²) < 4.78 is 31.0. The van der Waals surface area contributed by atoms with E-state index in [0.717, 1.165) is 0 Å². The number of carboxylic acids is 1. The molecule has 0 aliphatic heterocycles. The summed E-state index contributed by atoms with van der Waals surface area (Å²) in [6.45, 7) is 2.32. The molecule has 1 aromatic rings. The van der Waals surface area contributed by atoms with E-state index < -0.39 is 16.0 Å². The van der Waals surface area contributed by atoms with Gasteiger partial charge in [-0.2, -0.15) is 0 Å². The molecule has 0 aliphatic carbocycles. The molecule has 1 aromatic carbocycles. The highest BCUT2D eigenvalue weighted by Gasteiger charge is 2.15. The van der Waals surface area contributed by atoms with Crippen LogP contribution in [-0.4, -0.2) is 39.0 Å². The van der Waals surface area contributed by atoms with Crippen molar-refractivity contribution in [1.82, 2.24) is 4.72 Å². The first-order valence-electron chi connectivity index (χ1n) is 6.12. The molecule has 6 nitrogen and oxygen atoms in total. The van der Waals surface area contributed by atoms with E-state index in [1.807, 2.05) is 0 Å². The minimum absolute atomic E-state index is 0.00590. The van der Waals surface area contributed by atoms with Crippen molar-refractivity contribution in [2.75, 3.05) is 19.5 Å². The molecule has 1 unspecified atom stereocenters. The molecule has 0 aromatic heterocycles. The van der Waals surface area contributed by atoms with Gasteiger partial charge in [-0.15, -0.1) is 0 Å². The fourth-order valence-electron chi connectivity index (χ4n) is 1.72. The van der Waals surface area contributed by atoms with Crippen molar-refractivity contribution >= 4 is 16.0 Å². The lowest BCUT2D eigenvalue weighted by Crippen LogP contribution is -2.30. The Balaban J connectivity index is 2.55. The molecule has 7 heteroatoms. The molecule has 0 spiro atoms. The molecule has 0 heterocycles. The zero-order valence-electron chi connectivity index (χ0n) is 11.5. The van der Waals surface area contributed by atoms with Crippen LogP contribution < -0.4 is 4.72 Å². The van der Waals surface area contributed by atoms with Gasteiger partial charge in [0.2, 0.25) is 10.0 Å². The maximum Gasteiger partial charge on any atom is 0.335 e. The second kappa shape index (κ2) is 7.37. The van der Waals surface area contributed by atoms with E-state index in [0.29, 0.717) is 12.2 Å². The Labute approximate surface area is 118 Å². The van der Waals surface area contributed by atoms with Gasteiger partial charge in [-0.3, -0.25) is 0 Å². The van der Waals surface area contributed by atoms with E-state index in [9.17, 15) is 13.2 Å². The van der Waals surface area contributed by atoms with Gasteiger partial charge in [0.1, 0.15) is 0 Å². The fourth-order valence-corrected chi connectivity index (χ4v) is 3.07. The van der Waals surface area contributed by atoms with Crippen molar-refractivity contribution in [3.63, 3.8) is 0 Å². The molecule has 1 rings (SSSR count). The molecule has 20 heavy (non-hydrogen) atoms. The number of ether oxygens (including phenoxy) is 1. The Bertz CT molecular complexity index is 538. The highest BCUT2D eigenvalue weighted by Crippen LogP contribution is 2.06. The SMILES string of the molecule is COCC(C)CS(=O)(=O)NCc1ccc(C(=O)O)cc1. The quantitative estimate of drug-likeness (QED) is 0.749. The normalized spacial score (nSPS) is 13.1. The number of sulfonamides is 1. The van der Waals surface area contributed by atoms with Crippen molar-refractivity contribution in [2.45, 2.75) is 13.5 Å². The first kappa shape index (κ1) is 16.6. The predicted molar refractivity (Wildman–Crippen MR) is 75.1 cm³/mol. The number of nitrogens with one attached hydrogen (secondary N) is 1. The summed E-state index contributed by atoms with van der Waals surface area (Å²) in [6.07, 6.45) is 0. The van der Waals surface area contributed by atoms with E-state index in [-0.39, 0.29) is 23.8 Å². The maximum atomic E-state index is 11.8. The standard InChI is InChI=1S/C13H19NO5S/c1-10(8-19-2)9-20(17,18)14-7-11-3-5-12(6-4-11)13(15)16/h3-6,10,14H,7-9H2,1-2H3,(H,15,16). The molecule has 0 radical (unpaired) electrons. The minimum Gasteiger partial charge on any atom is -0.478 e. The van der Waals surface area contributed by atoms with Gasteiger partial charge in [0.25, 0.3) is 0 Å². The average molecular weight is 301 g/mol. The molecule has 1 atom stereocenters. The zero-order valence-corrected chi connectivity index (χ0v) is 12.3. The van der Waals surface area contributed by atoms with Gasteiger partial charge in [-0.05, 0) is 23.6 Å². The van der Waals surface area contributed by atoms with Crippen LogP contribution >= 0.6 is 0 Å². The van der Waals surface area contributed by atoms with Crippen LogP contribution in [-0.2, 0) is 21.3 Å². The molecule has 0 fully saturated rings. The van der Waals surface area contributed by atoms with E-state index >= 15 is 0 Å². The van der Waals surface area contributed by atoms with Crippen molar-refractivity contribution < 1.29 is 23.1 Å². The molecule has 0 aliphatic rings. The summed E-state index contributed by atoms with van der Waals surface area (Å²) in [4.78, 5) is 10.7. The number of aromatic carboxylic acids is 1. The Kier molecular flexibility index (Phi) is 6.12. The number of carbonyl (C=O) groups is 1. The number of methoxy groups -OCH3 is 1. The first-order chi connectivity index (χ1) is 9.34. The van der Waals surface area contributed by atoms with Gasteiger partial charge in [-0.1, -0.05) is 19.1 Å². The first-order valence-corrected chi connectivity index (χ1v) is 7.78. The Morgan fingerprint density at radius 2 is 1.95 bits per heavy atom. The van der Waals surface area contributed by atoms with Gasteiger partial charge in [-0.25, -0.2) is 17.9 Å². The lowest BCUT2D eigenvalue weighted by atomic mass is 10.1. The third kappa shape index (κ3) is 5.68. The van der Waals surface area contributed by atoms with E-state index in [1.54, 1.807) is 19.1 Å². The zero-order chi connectivity index (χ0) is 15.2. The van der Waals surface area contributed by atoms with Gasteiger partial charge < -0.3 is 9.84 Å². The summed E-state index contributed by atoms with van der Waals surface area (Å²) in [5.41, 5.74) is 0.878. The molecule has 0 amide bonds. The van der Waals surface area contributed by atoms with Gasteiger partial charge in [0.05, 0.1) is 11.3 Å². The van der Waals surface area contributed by atoms with Crippen molar-refractivity contribution in [3.8, 4) is 0 Å². The predicted octanol–water partition coefficient (Wildman–Crippen LogP) is 1.09. The second-order valence-corrected chi connectivity index (χ2v) is 6.52. The molecule has 112 valence electrons. The summed E-state index contributed by atoms with van der Waals surface area (Å²) in [5, 5.41) is 8.76. The lowest BCUT2D eigenvalue weighted by molar-refractivity contribution is 0.0697. The van der Waals surface area contributed by atoms with Gasteiger partial charge in [0, 0.05) is 20.3 Å². The Hall–Kier alpha value is -1.44. The topological polar surface area (TPSA) is 92.7 Å². The monoisotopic (exact) mass is 301 g/mol. The lowest BCUT2D eigenvalue weighted by Gasteiger charge is -2.12. The maximum absolute atomic E-state index is 11.8. The Morgan fingerprint density at radius 3 is 2.45 bits per heavy atom. The van der Waals surface area contributed by atoms with Crippen molar-refractivity contribution in [2.24, 2.45) is 5.92 Å². The third-order valence-corrected chi connectivity index (χ3v) is 4.24. The average Bonchev–Trinajstić information content (AvgIpc) is 2.36. The van der Waals surface area contributed by atoms with Crippen molar-refractivity contribution in [3.05, 3.63) is 35.4 Å². The molecule has 0 saturated heterocycles. The fraction of sp³-hybridized carbons (Fsp3) is 0.462. The minimum atomic E-state index is -3.37. The molecular formula is C13H19NO5S. The van der Waals surface area contributed by atoms with Crippen molar-refractivity contribution in [1.29, 1.82) is 0 Å². The molecule has 2 N–H and O–H groups in total. The van der Waals surface area contributed by atoms with Gasteiger partial charge >= 0.3 is 5.97 Å². The molecular weight excluding hydrogens is 282 g/mol. The van der Waals surface area contributed by atoms with Crippen LogP contribution in [0, 0.1) is 5.92 Å². The van der Waals surface area contributed by atoms with Crippen LogP contribution in [0.25, 0.3) is 0 Å². The summed E-state index contributed by atoms with van der Waals surface area (Å²) in [6, 6.07) is 6.06. The number of carboxylic acid groups (broad SMARTS) is 1. The third-order valence-electron chi connectivity index (χ3n) is 2.65. The number of rotatable bonds is 8. The van der Waals surface area contributed by atoms with Crippen LogP contribution in [0.1, 0.15) is 22.8 Å². The van der Waals surface area contributed by atoms with E-state index in [1.165, 1.54) is 19.2 Å². The summed E-state index contributed by atoms with van der Waals surface area (Å²) in [5.74, 6) is -1.11. The highest BCUT2D eigenvalue weighted by atomic mass is 32.2. The largest absolute Gasteiger partial charge is 0.478 e. The van der Waals surface area contributed by atoms with Crippen LogP contribution in [0.4, 0.5) is 0 Å². The molecule has 0 bridgehead atoms. The highest BCUT2D eigenvalue weighted by molar-refractivity contribution is 7.89. The molecule has 0 saturated carbocycles. The van der Waals surface area contributed by atoms with E-state index in [2.05, 4.69) is 4.72 Å². The number of hydrogen-bond acceptors (Lipinski definition) is 4. The van der Waals surface area contributed by atoms with Crippen LogP contribution in [0.15, 0.2) is 24.3 Å². The Morgan fingerprint density at radius 1 is 1.35 bits per heavy atom. The number of hydrogen-bond donors (Lipinski definition) is 2. The second-order valence-electron chi connectivity index (χ2n) is 4.67. The van der Waals surface area contributed by atoms with Crippen LogP contribution in [0.3, 0.4) is 0 Å². The smallest absolute Gasteiger partial charge is 0.335 e. The summed E-state index contributed by atoms with van der Waals surface area (Å²) >= 11 is 0. The van der Waals surface area contributed by atoms with E-state index in [4.69, 9.17) is 9.84 Å². The number of benzene rings is 1. The van der Waals surface area contributed by atoms with Gasteiger partial charge in [0.15, 0.2) is 0 Å².